The van der Waals surface area contributed by atoms with E-state index in [0.29, 0.717) is 38.3 Å². The summed E-state index contributed by atoms with van der Waals surface area (Å²) in [4.78, 5) is 30.3. The summed E-state index contributed by atoms with van der Waals surface area (Å²) in [6.45, 7) is 5.06. The van der Waals surface area contributed by atoms with Gasteiger partial charge in [-0.3, -0.25) is 0 Å². The molecule has 1 aromatic carbocycles. The number of benzene rings is 1. The fraction of sp³-hybridized carbons (Fsp3) is 0.421. The average Bonchev–Trinajstić information content (AvgIpc) is 3.07. The van der Waals surface area contributed by atoms with Crippen molar-refractivity contribution < 1.29 is 14.7 Å². The van der Waals surface area contributed by atoms with Gasteiger partial charge < -0.3 is 19.9 Å². The molecule has 1 saturated heterocycles. The van der Waals surface area contributed by atoms with Gasteiger partial charge >= 0.3 is 12.0 Å². The number of aromatic nitrogens is 2. The zero-order chi connectivity index (χ0) is 18.7. The summed E-state index contributed by atoms with van der Waals surface area (Å²) in [7, 11) is 0. The predicted octanol–water partition coefficient (Wildman–Crippen LogP) is 2.29. The number of carboxylic acid groups (broad SMARTS) is 1. The first kappa shape index (κ1) is 18.0. The summed E-state index contributed by atoms with van der Waals surface area (Å²) < 4.78 is 1.72. The van der Waals surface area contributed by atoms with E-state index in [9.17, 15) is 14.7 Å². The van der Waals surface area contributed by atoms with Gasteiger partial charge in [0.2, 0.25) is 0 Å². The van der Waals surface area contributed by atoms with E-state index >= 15 is 0 Å². The molecule has 26 heavy (non-hydrogen) atoms. The van der Waals surface area contributed by atoms with E-state index in [4.69, 9.17) is 0 Å². The monoisotopic (exact) mass is 356 g/mol. The van der Waals surface area contributed by atoms with Crippen LogP contribution in [0.3, 0.4) is 0 Å². The minimum absolute atomic E-state index is 0.158. The molecular weight excluding hydrogens is 332 g/mol. The van der Waals surface area contributed by atoms with Crippen LogP contribution in [0, 0.1) is 13.8 Å². The Morgan fingerprint density at radius 2 is 1.92 bits per heavy atom. The molecule has 1 aromatic heterocycles. The number of rotatable bonds is 4. The van der Waals surface area contributed by atoms with Crippen LogP contribution in [-0.2, 0) is 16.9 Å². The molecule has 0 aliphatic carbocycles. The number of imidazole rings is 1. The quantitative estimate of drug-likeness (QED) is 0.880. The van der Waals surface area contributed by atoms with Crippen LogP contribution in [0.5, 0.6) is 0 Å². The smallest absolute Gasteiger partial charge is 0.330 e. The first-order valence-electron chi connectivity index (χ1n) is 8.75. The Morgan fingerprint density at radius 3 is 2.50 bits per heavy atom. The topological polar surface area (TPSA) is 87.5 Å². The van der Waals surface area contributed by atoms with Gasteiger partial charge in [0.15, 0.2) is 0 Å². The summed E-state index contributed by atoms with van der Waals surface area (Å²) in [5.41, 5.74) is 1.17. The molecule has 0 radical (unpaired) electrons. The molecule has 0 spiro atoms. The number of urea groups is 1. The Kier molecular flexibility index (Phi) is 4.97. The van der Waals surface area contributed by atoms with Gasteiger partial charge in [-0.2, -0.15) is 0 Å². The van der Waals surface area contributed by atoms with Gasteiger partial charge in [-0.25, -0.2) is 14.6 Å². The number of carbonyl (C=O) groups is 2. The number of aliphatic carboxylic acids is 1. The average molecular weight is 356 g/mol. The maximum absolute atomic E-state index is 12.5. The first-order valence-corrected chi connectivity index (χ1v) is 8.75. The number of piperidine rings is 1. The molecule has 2 heterocycles. The molecule has 7 nitrogen and oxygen atoms in total. The highest BCUT2D eigenvalue weighted by Gasteiger charge is 2.44. The van der Waals surface area contributed by atoms with Crippen molar-refractivity contribution >= 4 is 12.0 Å². The van der Waals surface area contributed by atoms with Gasteiger partial charge in [0.25, 0.3) is 0 Å². The molecule has 0 unspecified atom stereocenters. The molecule has 0 atom stereocenters. The van der Waals surface area contributed by atoms with Gasteiger partial charge in [-0.15, -0.1) is 0 Å². The van der Waals surface area contributed by atoms with E-state index in [-0.39, 0.29) is 6.03 Å². The lowest BCUT2D eigenvalue weighted by molar-refractivity contribution is -0.150. The number of likely N-dealkylation sites (tertiary alicyclic amines) is 1. The van der Waals surface area contributed by atoms with Crippen LogP contribution in [0.4, 0.5) is 4.79 Å². The SMILES string of the molecule is Cc1ccccc1CNC(=O)N1CCC(C(=O)O)(n2ccnc2C)CC1. The number of hydrogen-bond acceptors (Lipinski definition) is 3. The second-order valence-corrected chi connectivity index (χ2v) is 6.75. The lowest BCUT2D eigenvalue weighted by Crippen LogP contribution is -2.54. The molecule has 7 heteroatoms. The number of nitrogens with one attached hydrogen (secondary N) is 1. The van der Waals surface area contributed by atoms with Crippen LogP contribution in [0.25, 0.3) is 0 Å². The van der Waals surface area contributed by atoms with Gasteiger partial charge in [0.1, 0.15) is 11.4 Å². The van der Waals surface area contributed by atoms with Crippen LogP contribution in [-0.4, -0.2) is 44.6 Å². The molecule has 2 amide bonds. The van der Waals surface area contributed by atoms with Crippen molar-refractivity contribution in [2.45, 2.75) is 38.8 Å². The Bertz CT molecular complexity index is 807. The largest absolute Gasteiger partial charge is 0.479 e. The summed E-state index contributed by atoms with van der Waals surface area (Å²) >= 11 is 0. The second kappa shape index (κ2) is 7.19. The lowest BCUT2D eigenvalue weighted by atomic mass is 9.87. The number of aryl methyl sites for hydroxylation is 2. The third-order valence-electron chi connectivity index (χ3n) is 5.25. The van der Waals surface area contributed by atoms with Crippen molar-refractivity contribution in [3.63, 3.8) is 0 Å². The van der Waals surface area contributed by atoms with E-state index in [1.54, 1.807) is 28.8 Å². The highest BCUT2D eigenvalue weighted by Crippen LogP contribution is 2.31. The van der Waals surface area contributed by atoms with Crippen LogP contribution in [0.15, 0.2) is 36.7 Å². The molecule has 1 aliphatic heterocycles. The second-order valence-electron chi connectivity index (χ2n) is 6.75. The minimum Gasteiger partial charge on any atom is -0.479 e. The van der Waals surface area contributed by atoms with Gasteiger partial charge in [-0.05, 0) is 37.8 Å². The van der Waals surface area contributed by atoms with Gasteiger partial charge in [-0.1, -0.05) is 24.3 Å². The Balaban J connectivity index is 1.64. The normalized spacial score (nSPS) is 16.3. The molecule has 0 bridgehead atoms. The Hall–Kier alpha value is -2.83. The number of hydrogen-bond donors (Lipinski definition) is 2. The number of amides is 2. The molecule has 2 N–H and O–H groups in total. The van der Waals surface area contributed by atoms with Crippen LogP contribution in [0.1, 0.15) is 29.8 Å². The molecule has 1 aliphatic rings. The fourth-order valence-corrected chi connectivity index (χ4v) is 3.56. The Morgan fingerprint density at radius 1 is 1.23 bits per heavy atom. The zero-order valence-electron chi connectivity index (χ0n) is 15.1. The maximum Gasteiger partial charge on any atom is 0.330 e. The van der Waals surface area contributed by atoms with E-state index in [1.807, 2.05) is 31.2 Å². The predicted molar refractivity (Wildman–Crippen MR) is 96.8 cm³/mol. The highest BCUT2D eigenvalue weighted by molar-refractivity contribution is 5.78. The van der Waals surface area contributed by atoms with E-state index < -0.39 is 11.5 Å². The molecule has 1 fully saturated rings. The summed E-state index contributed by atoms with van der Waals surface area (Å²) in [6, 6.07) is 7.76. The Labute approximate surface area is 152 Å². The molecule has 2 aromatic rings. The number of carbonyl (C=O) groups excluding carboxylic acids is 1. The number of nitrogens with zero attached hydrogens (tertiary/aromatic N) is 3. The van der Waals surface area contributed by atoms with Gasteiger partial charge in [0.05, 0.1) is 0 Å². The van der Waals surface area contributed by atoms with Crippen molar-refractivity contribution in [1.29, 1.82) is 0 Å². The molecule has 3 rings (SSSR count). The van der Waals surface area contributed by atoms with E-state index in [1.165, 1.54) is 0 Å². The van der Waals surface area contributed by atoms with Crippen molar-refractivity contribution in [2.24, 2.45) is 0 Å². The summed E-state index contributed by atoms with van der Waals surface area (Å²) in [6.07, 6.45) is 4.04. The van der Waals surface area contributed by atoms with Crippen molar-refractivity contribution in [1.82, 2.24) is 19.8 Å². The van der Waals surface area contributed by atoms with Gasteiger partial charge in [0, 0.05) is 32.0 Å². The standard InChI is InChI=1S/C19H24N4O3/c1-14-5-3-4-6-16(14)13-21-18(26)22-10-7-19(8-11-22,17(24)25)23-12-9-20-15(23)2/h3-6,9,12H,7-8,10-11,13H2,1-2H3,(H,21,26)(H,24,25). The maximum atomic E-state index is 12.5. The van der Waals surface area contributed by atoms with Crippen LogP contribution >= 0.6 is 0 Å². The van der Waals surface area contributed by atoms with Crippen molar-refractivity contribution in [3.8, 4) is 0 Å². The third kappa shape index (κ3) is 3.29. The van der Waals surface area contributed by atoms with E-state index in [2.05, 4.69) is 10.3 Å². The molecule has 0 saturated carbocycles. The van der Waals surface area contributed by atoms with Crippen molar-refractivity contribution in [3.05, 3.63) is 53.6 Å². The minimum atomic E-state index is -1.03. The molecule has 138 valence electrons. The number of carboxylic acids is 1. The summed E-state index contributed by atoms with van der Waals surface area (Å²) in [5.74, 6) is -0.205. The molecular formula is C19H24N4O3. The highest BCUT2D eigenvalue weighted by atomic mass is 16.4. The van der Waals surface area contributed by atoms with Crippen molar-refractivity contribution in [2.75, 3.05) is 13.1 Å². The summed E-state index contributed by atoms with van der Waals surface area (Å²) in [5, 5.41) is 12.8. The first-order chi connectivity index (χ1) is 12.4. The fourth-order valence-electron chi connectivity index (χ4n) is 3.56. The van der Waals surface area contributed by atoms with Crippen LogP contribution < -0.4 is 5.32 Å². The lowest BCUT2D eigenvalue weighted by Gasteiger charge is -2.40. The van der Waals surface area contributed by atoms with E-state index in [0.717, 1.165) is 11.1 Å². The third-order valence-corrected chi connectivity index (χ3v) is 5.25. The van der Waals surface area contributed by atoms with Crippen LogP contribution in [0.2, 0.25) is 0 Å². The zero-order valence-corrected chi connectivity index (χ0v) is 15.1.